The molecule has 1 heterocycles. The summed E-state index contributed by atoms with van der Waals surface area (Å²) in [7, 11) is -3.82. The molecular weight excluding hydrogens is 460 g/mol. The van der Waals surface area contributed by atoms with E-state index in [4.69, 9.17) is 0 Å². The fourth-order valence-electron chi connectivity index (χ4n) is 2.58. The van der Waals surface area contributed by atoms with E-state index in [1.165, 1.54) is 17.0 Å². The van der Waals surface area contributed by atoms with Crippen molar-refractivity contribution in [3.05, 3.63) is 80.5 Å². The fourth-order valence-corrected chi connectivity index (χ4v) is 4.88. The van der Waals surface area contributed by atoms with Crippen LogP contribution in [-0.2, 0) is 16.4 Å². The molecule has 0 atom stereocenters. The second-order valence-electron chi connectivity index (χ2n) is 6.20. The van der Waals surface area contributed by atoms with Gasteiger partial charge in [-0.2, -0.15) is 0 Å². The lowest BCUT2D eigenvalue weighted by Crippen LogP contribution is -2.25. The molecule has 0 bridgehead atoms. The Kier molecular flexibility index (Phi) is 6.53. The number of amides is 1. The average Bonchev–Trinajstić information content (AvgIpc) is 3.18. The number of thiophene rings is 1. The van der Waals surface area contributed by atoms with Crippen molar-refractivity contribution in [1.82, 2.24) is 5.32 Å². The van der Waals surface area contributed by atoms with Crippen LogP contribution in [0.1, 0.15) is 20.8 Å². The summed E-state index contributed by atoms with van der Waals surface area (Å²) >= 11 is 4.98. The molecule has 5 nitrogen and oxygen atoms in total. The summed E-state index contributed by atoms with van der Waals surface area (Å²) in [6.45, 7) is 2.37. The van der Waals surface area contributed by atoms with Gasteiger partial charge in [-0.1, -0.05) is 18.2 Å². The molecular formula is C20H19BrN2O3S2. The summed E-state index contributed by atoms with van der Waals surface area (Å²) in [5, 5.41) is 4.82. The predicted octanol–water partition coefficient (Wildman–Crippen LogP) is 4.59. The van der Waals surface area contributed by atoms with E-state index in [-0.39, 0.29) is 10.8 Å². The summed E-state index contributed by atoms with van der Waals surface area (Å²) in [6.07, 6.45) is 0.740. The van der Waals surface area contributed by atoms with Gasteiger partial charge in [-0.05, 0) is 76.6 Å². The number of aryl methyl sites for hydroxylation is 1. The van der Waals surface area contributed by atoms with Gasteiger partial charge in [0.2, 0.25) is 0 Å². The minimum absolute atomic E-state index is 0.0341. The lowest BCUT2D eigenvalue weighted by atomic mass is 10.2. The van der Waals surface area contributed by atoms with Crippen LogP contribution in [0.15, 0.2) is 69.3 Å². The minimum atomic E-state index is -3.82. The van der Waals surface area contributed by atoms with Crippen LogP contribution in [0.4, 0.5) is 5.69 Å². The van der Waals surface area contributed by atoms with Crippen molar-refractivity contribution in [2.75, 3.05) is 11.3 Å². The highest BCUT2D eigenvalue weighted by Gasteiger charge is 2.18. The standard InChI is InChI=1S/C20H19BrN2O3S2/c1-14-7-8-18(21)19(12-14)23-28(25,26)17-6-2-4-15(13-17)20(24)22-10-9-16-5-3-11-27-16/h2-8,11-13,23H,9-10H2,1H3,(H,22,24). The van der Waals surface area contributed by atoms with Gasteiger partial charge in [-0.25, -0.2) is 8.42 Å². The lowest BCUT2D eigenvalue weighted by Gasteiger charge is -2.11. The lowest BCUT2D eigenvalue weighted by molar-refractivity contribution is 0.0954. The molecule has 1 aromatic heterocycles. The summed E-state index contributed by atoms with van der Waals surface area (Å²) in [5.41, 5.74) is 1.68. The normalized spacial score (nSPS) is 11.2. The second kappa shape index (κ2) is 8.89. The topological polar surface area (TPSA) is 75.3 Å². The van der Waals surface area contributed by atoms with Gasteiger partial charge in [0.1, 0.15) is 0 Å². The minimum Gasteiger partial charge on any atom is -0.352 e. The van der Waals surface area contributed by atoms with Gasteiger partial charge in [-0.3, -0.25) is 9.52 Å². The third-order valence-electron chi connectivity index (χ3n) is 4.01. The molecule has 0 spiro atoms. The smallest absolute Gasteiger partial charge is 0.261 e. The first-order valence-corrected chi connectivity index (χ1v) is 11.7. The molecule has 0 saturated heterocycles. The second-order valence-corrected chi connectivity index (χ2v) is 9.77. The zero-order valence-corrected chi connectivity index (χ0v) is 18.3. The highest BCUT2D eigenvalue weighted by molar-refractivity contribution is 9.10. The van der Waals surface area contributed by atoms with E-state index in [1.807, 2.05) is 30.5 Å². The first kappa shape index (κ1) is 20.6. The molecule has 3 rings (SSSR count). The van der Waals surface area contributed by atoms with Crippen molar-refractivity contribution in [2.24, 2.45) is 0 Å². The summed E-state index contributed by atoms with van der Waals surface area (Å²) in [5.74, 6) is -0.301. The summed E-state index contributed by atoms with van der Waals surface area (Å²) < 4.78 is 28.7. The van der Waals surface area contributed by atoms with Gasteiger partial charge in [0.05, 0.1) is 10.6 Å². The number of carbonyl (C=O) groups is 1. The van der Waals surface area contributed by atoms with Crippen molar-refractivity contribution < 1.29 is 13.2 Å². The molecule has 0 saturated carbocycles. The molecule has 8 heteroatoms. The van der Waals surface area contributed by atoms with Crippen LogP contribution in [0.2, 0.25) is 0 Å². The molecule has 0 aliphatic carbocycles. The molecule has 0 aliphatic heterocycles. The number of anilines is 1. The van der Waals surface area contributed by atoms with Gasteiger partial charge in [0.25, 0.3) is 15.9 Å². The van der Waals surface area contributed by atoms with Crippen LogP contribution in [0.25, 0.3) is 0 Å². The molecule has 28 heavy (non-hydrogen) atoms. The SMILES string of the molecule is Cc1ccc(Br)c(NS(=O)(=O)c2cccc(C(=O)NCCc3cccs3)c2)c1. The highest BCUT2D eigenvalue weighted by Crippen LogP contribution is 2.26. The Bertz CT molecular complexity index is 1080. The first-order valence-electron chi connectivity index (χ1n) is 8.55. The Balaban J connectivity index is 1.72. The molecule has 0 aliphatic rings. The number of halogens is 1. The Labute approximate surface area is 177 Å². The molecule has 2 N–H and O–H groups in total. The Morgan fingerprint density at radius 2 is 1.93 bits per heavy atom. The zero-order chi connectivity index (χ0) is 20.1. The molecule has 2 aromatic carbocycles. The Morgan fingerprint density at radius 3 is 2.68 bits per heavy atom. The highest BCUT2D eigenvalue weighted by atomic mass is 79.9. The van der Waals surface area contributed by atoms with Crippen molar-refractivity contribution in [3.8, 4) is 0 Å². The maximum Gasteiger partial charge on any atom is 0.261 e. The monoisotopic (exact) mass is 478 g/mol. The number of nitrogens with one attached hydrogen (secondary N) is 2. The number of rotatable bonds is 7. The van der Waals surface area contributed by atoms with Crippen molar-refractivity contribution in [2.45, 2.75) is 18.2 Å². The predicted molar refractivity (Wildman–Crippen MR) is 116 cm³/mol. The van der Waals surface area contributed by atoms with Gasteiger partial charge in [0.15, 0.2) is 0 Å². The average molecular weight is 479 g/mol. The molecule has 0 unspecified atom stereocenters. The number of carbonyl (C=O) groups excluding carboxylic acids is 1. The Hall–Kier alpha value is -2.16. The fraction of sp³-hybridized carbons (Fsp3) is 0.150. The van der Waals surface area contributed by atoms with Crippen LogP contribution in [0.3, 0.4) is 0 Å². The van der Waals surface area contributed by atoms with E-state index < -0.39 is 10.0 Å². The molecule has 0 radical (unpaired) electrons. The Morgan fingerprint density at radius 1 is 1.11 bits per heavy atom. The van der Waals surface area contributed by atoms with Crippen LogP contribution in [0, 0.1) is 6.92 Å². The van der Waals surface area contributed by atoms with E-state index in [9.17, 15) is 13.2 Å². The zero-order valence-electron chi connectivity index (χ0n) is 15.1. The van der Waals surface area contributed by atoms with Crippen molar-refractivity contribution in [3.63, 3.8) is 0 Å². The molecule has 3 aromatic rings. The van der Waals surface area contributed by atoms with E-state index >= 15 is 0 Å². The first-order chi connectivity index (χ1) is 13.3. The maximum absolute atomic E-state index is 12.7. The largest absolute Gasteiger partial charge is 0.352 e. The van der Waals surface area contributed by atoms with Gasteiger partial charge < -0.3 is 5.32 Å². The van der Waals surface area contributed by atoms with E-state index in [2.05, 4.69) is 26.0 Å². The van der Waals surface area contributed by atoms with Crippen LogP contribution >= 0.6 is 27.3 Å². The van der Waals surface area contributed by atoms with Crippen LogP contribution < -0.4 is 10.0 Å². The number of sulfonamides is 1. The summed E-state index contributed by atoms with van der Waals surface area (Å²) in [4.78, 5) is 13.6. The molecule has 1 amide bonds. The van der Waals surface area contributed by atoms with Gasteiger partial charge in [-0.15, -0.1) is 11.3 Å². The summed E-state index contributed by atoms with van der Waals surface area (Å²) in [6, 6.07) is 15.4. The third kappa shape index (κ3) is 5.21. The van der Waals surface area contributed by atoms with Gasteiger partial charge in [0, 0.05) is 21.5 Å². The van der Waals surface area contributed by atoms with Crippen LogP contribution in [-0.4, -0.2) is 20.9 Å². The van der Waals surface area contributed by atoms with Gasteiger partial charge >= 0.3 is 0 Å². The molecule has 146 valence electrons. The van der Waals surface area contributed by atoms with Crippen LogP contribution in [0.5, 0.6) is 0 Å². The number of hydrogen-bond donors (Lipinski definition) is 2. The molecule has 0 fully saturated rings. The van der Waals surface area contributed by atoms with E-state index in [0.717, 1.165) is 12.0 Å². The van der Waals surface area contributed by atoms with Crippen molar-refractivity contribution >= 4 is 48.9 Å². The van der Waals surface area contributed by atoms with Crippen molar-refractivity contribution in [1.29, 1.82) is 0 Å². The third-order valence-corrected chi connectivity index (χ3v) is 7.00. The van der Waals surface area contributed by atoms with E-state index in [0.29, 0.717) is 22.3 Å². The number of benzene rings is 2. The number of hydrogen-bond acceptors (Lipinski definition) is 4. The van der Waals surface area contributed by atoms with E-state index in [1.54, 1.807) is 35.6 Å². The maximum atomic E-state index is 12.7. The quantitative estimate of drug-likeness (QED) is 0.521.